The van der Waals surface area contributed by atoms with Crippen molar-refractivity contribution in [3.8, 4) is 11.6 Å². The second kappa shape index (κ2) is 12.8. The highest BCUT2D eigenvalue weighted by atomic mass is 32.2. The smallest absolute Gasteiger partial charge is 0.259 e. The second-order valence-electron chi connectivity index (χ2n) is 13.5. The maximum Gasteiger partial charge on any atom is 0.259 e. The van der Waals surface area contributed by atoms with Gasteiger partial charge in [0.2, 0.25) is 27.7 Å². The first kappa shape index (κ1) is 32.3. The number of allylic oxidation sites excluding steroid dienone is 1. The topological polar surface area (TPSA) is 144 Å². The molecule has 2 aromatic rings. The maximum absolute atomic E-state index is 14.0. The molecule has 11 nitrogen and oxygen atoms in total. The van der Waals surface area contributed by atoms with E-state index in [1.54, 1.807) is 11.1 Å². The molecule has 0 radical (unpaired) electrons. The van der Waals surface area contributed by atoms with E-state index in [9.17, 15) is 22.8 Å². The number of benzene rings is 1. The average molecular weight is 653 g/mol. The number of nitrogens with one attached hydrogen (secondary N) is 2. The molecular weight excluding hydrogens is 608 g/mol. The summed E-state index contributed by atoms with van der Waals surface area (Å²) in [6, 6.07) is 6.77. The van der Waals surface area contributed by atoms with Gasteiger partial charge in [0.25, 0.3) is 5.91 Å². The number of carbonyl (C=O) groups excluding carboxylic acids is 3. The Hall–Kier alpha value is -3.67. The number of rotatable bonds is 8. The van der Waals surface area contributed by atoms with Crippen molar-refractivity contribution in [3.63, 3.8) is 0 Å². The number of ether oxygens (including phenoxy) is 2. The lowest BCUT2D eigenvalue weighted by atomic mass is 9.88. The van der Waals surface area contributed by atoms with Crippen molar-refractivity contribution >= 4 is 38.5 Å². The second-order valence-corrected chi connectivity index (χ2v) is 15.4. The van der Waals surface area contributed by atoms with E-state index in [2.05, 4.69) is 28.9 Å². The third kappa shape index (κ3) is 6.59. The molecule has 2 N–H and O–H groups in total. The lowest BCUT2D eigenvalue weighted by Crippen LogP contribution is -2.56. The molecule has 0 spiro atoms. The summed E-state index contributed by atoms with van der Waals surface area (Å²) in [4.78, 5) is 47.4. The van der Waals surface area contributed by atoms with Gasteiger partial charge in [-0.1, -0.05) is 51.1 Å². The molecule has 3 fully saturated rings. The first-order chi connectivity index (χ1) is 22.0. The van der Waals surface area contributed by atoms with Crippen LogP contribution >= 0.6 is 0 Å². The van der Waals surface area contributed by atoms with E-state index in [1.807, 2.05) is 43.3 Å². The fraction of sp³-hybridized carbons (Fsp3) is 0.588. The van der Waals surface area contributed by atoms with Crippen molar-refractivity contribution in [1.82, 2.24) is 19.9 Å². The van der Waals surface area contributed by atoms with Crippen molar-refractivity contribution in [3.05, 3.63) is 42.6 Å². The summed E-state index contributed by atoms with van der Waals surface area (Å²) >= 11 is 0. The molecule has 46 heavy (non-hydrogen) atoms. The van der Waals surface area contributed by atoms with E-state index in [4.69, 9.17) is 9.47 Å². The Labute approximate surface area is 270 Å². The number of aromatic nitrogens is 1. The predicted molar refractivity (Wildman–Crippen MR) is 172 cm³/mol. The largest absolute Gasteiger partial charge is 0.491 e. The van der Waals surface area contributed by atoms with Crippen LogP contribution in [0.15, 0.2) is 42.6 Å². The van der Waals surface area contributed by atoms with E-state index in [-0.39, 0.29) is 49.5 Å². The average Bonchev–Trinajstić information content (AvgIpc) is 3.95. The van der Waals surface area contributed by atoms with Gasteiger partial charge in [0.1, 0.15) is 23.4 Å². The summed E-state index contributed by atoms with van der Waals surface area (Å²) in [5, 5.41) is 3.96. The molecule has 6 atom stereocenters. The molecule has 12 heteroatoms. The quantitative estimate of drug-likeness (QED) is 0.409. The number of hydrogen-bond acceptors (Lipinski definition) is 8. The van der Waals surface area contributed by atoms with Crippen molar-refractivity contribution in [2.75, 3.05) is 13.2 Å². The van der Waals surface area contributed by atoms with Gasteiger partial charge in [0, 0.05) is 29.5 Å². The van der Waals surface area contributed by atoms with E-state index < -0.39 is 44.8 Å². The Morgan fingerprint density at radius 1 is 1.13 bits per heavy atom. The van der Waals surface area contributed by atoms with Gasteiger partial charge in [0.15, 0.2) is 0 Å². The molecule has 6 rings (SSSR count). The van der Waals surface area contributed by atoms with Crippen LogP contribution in [0.1, 0.15) is 72.1 Å². The van der Waals surface area contributed by atoms with Crippen LogP contribution in [-0.4, -0.2) is 72.1 Å². The highest BCUT2D eigenvalue weighted by Crippen LogP contribution is 2.46. The fourth-order valence-corrected chi connectivity index (χ4v) is 7.96. The summed E-state index contributed by atoms with van der Waals surface area (Å²) in [6.07, 6.45) is 9.30. The summed E-state index contributed by atoms with van der Waals surface area (Å²) in [5.41, 5.74) is -1.39. The molecule has 0 bridgehead atoms. The van der Waals surface area contributed by atoms with Crippen LogP contribution in [0.5, 0.6) is 11.6 Å². The zero-order chi connectivity index (χ0) is 32.6. The normalized spacial score (nSPS) is 30.8. The van der Waals surface area contributed by atoms with Crippen LogP contribution in [0.2, 0.25) is 0 Å². The first-order valence-corrected chi connectivity index (χ1v) is 18.1. The van der Waals surface area contributed by atoms with Crippen LogP contribution in [0.4, 0.5) is 0 Å². The van der Waals surface area contributed by atoms with Crippen LogP contribution < -0.4 is 19.5 Å². The van der Waals surface area contributed by atoms with Crippen LogP contribution in [0, 0.1) is 17.8 Å². The Kier molecular flexibility index (Phi) is 9.02. The van der Waals surface area contributed by atoms with Gasteiger partial charge in [-0.05, 0) is 56.4 Å². The minimum absolute atomic E-state index is 0.104. The SMILES string of the molecule is CCCOc1cnc(O[C@@H]2C[C@H]3C(=O)N[C@]4(C(=O)NS(=O)(=O)C5CC5)C[C@H]4/C=C\CC[C@@H](C)[C@@H](C)CC(=O)N3C2)c2ccccc12. The van der Waals surface area contributed by atoms with E-state index in [0.717, 1.165) is 30.0 Å². The van der Waals surface area contributed by atoms with Crippen LogP contribution in [0.3, 0.4) is 0 Å². The van der Waals surface area contributed by atoms with Gasteiger partial charge in [-0.25, -0.2) is 13.4 Å². The van der Waals surface area contributed by atoms with Crippen LogP contribution in [0.25, 0.3) is 10.8 Å². The molecule has 3 heterocycles. The van der Waals surface area contributed by atoms with E-state index in [0.29, 0.717) is 31.1 Å². The molecule has 4 aliphatic rings. The summed E-state index contributed by atoms with van der Waals surface area (Å²) < 4.78 is 39.9. The number of hydrogen-bond donors (Lipinski definition) is 2. The Bertz CT molecular complexity index is 1640. The molecule has 2 aliphatic heterocycles. The molecule has 2 aliphatic carbocycles. The first-order valence-electron chi connectivity index (χ1n) is 16.5. The Morgan fingerprint density at radius 3 is 2.63 bits per heavy atom. The molecule has 1 aromatic carbocycles. The highest BCUT2D eigenvalue weighted by molar-refractivity contribution is 7.91. The molecule has 2 saturated carbocycles. The lowest BCUT2D eigenvalue weighted by Gasteiger charge is -2.28. The fourth-order valence-electron chi connectivity index (χ4n) is 6.59. The molecular formula is C34H44N4O7S. The Morgan fingerprint density at radius 2 is 1.89 bits per heavy atom. The molecule has 1 aromatic heterocycles. The maximum atomic E-state index is 14.0. The summed E-state index contributed by atoms with van der Waals surface area (Å²) in [5.74, 6) is -0.296. The number of amides is 3. The van der Waals surface area contributed by atoms with Gasteiger partial charge in [0.05, 0.1) is 24.6 Å². The standard InChI is InChI=1S/C34H44N4O7S/c1-4-15-44-29-19-35-32(27-12-8-7-11-26(27)29)45-24-17-28-31(40)36-34(33(41)37-46(42,43)25-13-14-25)18-23(34)10-6-5-9-21(2)22(3)16-30(39)38(28)20-24/h6-8,10-12,19,21-25,28H,4-5,9,13-18,20H2,1-3H3,(H,36,40)(H,37,41)/b10-6-/t21-,22+,23-,24-,28+,34-/m1/s1. The summed E-state index contributed by atoms with van der Waals surface area (Å²) in [7, 11) is -3.81. The van der Waals surface area contributed by atoms with E-state index >= 15 is 0 Å². The number of fused-ring (bicyclic) bond motifs is 3. The number of carbonyl (C=O) groups is 3. The van der Waals surface area contributed by atoms with Crippen LogP contribution in [-0.2, 0) is 24.4 Å². The predicted octanol–water partition coefficient (Wildman–Crippen LogP) is 3.87. The third-order valence-electron chi connectivity index (χ3n) is 9.94. The summed E-state index contributed by atoms with van der Waals surface area (Å²) in [6.45, 7) is 6.96. The molecule has 0 unspecified atom stereocenters. The Balaban J connectivity index is 1.27. The minimum Gasteiger partial charge on any atom is -0.491 e. The van der Waals surface area contributed by atoms with Gasteiger partial charge in [-0.3, -0.25) is 19.1 Å². The van der Waals surface area contributed by atoms with Crippen molar-refractivity contribution in [2.24, 2.45) is 17.8 Å². The number of sulfonamides is 1. The van der Waals surface area contributed by atoms with Gasteiger partial charge in [-0.2, -0.15) is 0 Å². The highest BCUT2D eigenvalue weighted by Gasteiger charge is 2.62. The van der Waals surface area contributed by atoms with Gasteiger partial charge in [-0.15, -0.1) is 0 Å². The molecule has 3 amide bonds. The monoisotopic (exact) mass is 652 g/mol. The van der Waals surface area contributed by atoms with Crippen molar-refractivity contribution < 1.29 is 32.3 Å². The number of pyridine rings is 1. The van der Waals surface area contributed by atoms with Gasteiger partial charge >= 0.3 is 0 Å². The lowest BCUT2D eigenvalue weighted by molar-refractivity contribution is -0.140. The minimum atomic E-state index is -3.81. The zero-order valence-corrected chi connectivity index (χ0v) is 27.6. The van der Waals surface area contributed by atoms with Gasteiger partial charge < -0.3 is 19.7 Å². The van der Waals surface area contributed by atoms with Crippen molar-refractivity contribution in [2.45, 2.75) is 95.1 Å². The number of nitrogens with zero attached hydrogens (tertiary/aromatic N) is 2. The molecule has 1 saturated heterocycles. The third-order valence-corrected chi connectivity index (χ3v) is 11.8. The van der Waals surface area contributed by atoms with Crippen molar-refractivity contribution in [1.29, 1.82) is 0 Å². The van der Waals surface area contributed by atoms with E-state index in [1.165, 1.54) is 0 Å². The zero-order valence-electron chi connectivity index (χ0n) is 26.7. The molecule has 248 valence electrons.